The molecule has 1 aromatic rings. The number of carbonyl (C=O) groups is 1. The van der Waals surface area contributed by atoms with Gasteiger partial charge in [-0.25, -0.2) is 0 Å². The predicted molar refractivity (Wildman–Crippen MR) is 69.0 cm³/mol. The van der Waals surface area contributed by atoms with Crippen LogP contribution in [0.1, 0.15) is 10.5 Å². The van der Waals surface area contributed by atoms with Crippen molar-refractivity contribution in [3.63, 3.8) is 0 Å². The minimum absolute atomic E-state index is 0. The van der Waals surface area contributed by atoms with Crippen molar-refractivity contribution in [2.45, 2.75) is 0 Å². The zero-order chi connectivity index (χ0) is 12.8. The molecule has 0 bridgehead atoms. The lowest BCUT2D eigenvalue weighted by atomic mass is 10.3. The normalized spacial score (nSPS) is 9.72. The van der Waals surface area contributed by atoms with E-state index < -0.39 is 10.8 Å². The molecule has 0 saturated heterocycles. The molecular weight excluding hydrogens is 260 g/mol. The Morgan fingerprint density at radius 3 is 2.78 bits per heavy atom. The molecule has 0 atom stereocenters. The Morgan fingerprint density at radius 1 is 1.56 bits per heavy atom. The zero-order valence-electron chi connectivity index (χ0n) is 10.1. The maximum Gasteiger partial charge on any atom is 0.273 e. The molecule has 0 aliphatic carbocycles. The highest BCUT2D eigenvalue weighted by Gasteiger charge is 2.12. The number of hydrogen-bond acceptors (Lipinski definition) is 5. The predicted octanol–water partition coefficient (Wildman–Crippen LogP) is 0.703. The molecule has 1 amide bonds. The fraction of sp³-hybridized carbons (Fsp3) is 0.400. The molecule has 18 heavy (non-hydrogen) atoms. The monoisotopic (exact) mass is 274 g/mol. The van der Waals surface area contributed by atoms with Gasteiger partial charge in [0.15, 0.2) is 0 Å². The number of nitrogens with zero attached hydrogens (tertiary/aromatic N) is 3. The van der Waals surface area contributed by atoms with Gasteiger partial charge in [-0.1, -0.05) is 0 Å². The molecule has 100 valence electrons. The summed E-state index contributed by atoms with van der Waals surface area (Å²) in [5.41, 5.74) is -0.0873. The topological polar surface area (TPSA) is 88.4 Å². The van der Waals surface area contributed by atoms with E-state index in [2.05, 4.69) is 10.3 Å². The molecule has 7 nitrogen and oxygen atoms in total. The third-order valence-corrected chi connectivity index (χ3v) is 2.03. The summed E-state index contributed by atoms with van der Waals surface area (Å²) in [5.74, 6) is -0.407. The lowest BCUT2D eigenvalue weighted by molar-refractivity contribution is -0.385. The maximum absolute atomic E-state index is 11.6. The number of likely N-dealkylation sites (N-methyl/N-ethyl adjacent to an activating group) is 1. The average Bonchev–Trinajstić information content (AvgIpc) is 2.28. The van der Waals surface area contributed by atoms with Crippen LogP contribution in [-0.2, 0) is 0 Å². The van der Waals surface area contributed by atoms with Gasteiger partial charge in [0.2, 0.25) is 0 Å². The van der Waals surface area contributed by atoms with Crippen LogP contribution in [0.25, 0.3) is 0 Å². The summed E-state index contributed by atoms with van der Waals surface area (Å²) >= 11 is 0. The van der Waals surface area contributed by atoms with Gasteiger partial charge in [0.25, 0.3) is 11.6 Å². The standard InChI is InChI=1S/C10H14N4O3.ClH/c1-13(2)6-5-12-10(15)9-7-8(14(16)17)3-4-11-9;/h3-4,7H,5-6H2,1-2H3,(H,12,15);1H. The first kappa shape index (κ1) is 16.3. The highest BCUT2D eigenvalue weighted by Crippen LogP contribution is 2.10. The van der Waals surface area contributed by atoms with Gasteiger partial charge in [-0.05, 0) is 14.1 Å². The second-order valence-electron chi connectivity index (χ2n) is 3.72. The molecule has 8 heteroatoms. The lowest BCUT2D eigenvalue weighted by Crippen LogP contribution is -2.31. The fourth-order valence-corrected chi connectivity index (χ4v) is 1.14. The Morgan fingerprint density at radius 2 is 2.22 bits per heavy atom. The van der Waals surface area contributed by atoms with E-state index in [4.69, 9.17) is 0 Å². The molecule has 1 N–H and O–H groups in total. The van der Waals surface area contributed by atoms with Crippen molar-refractivity contribution in [3.8, 4) is 0 Å². The van der Waals surface area contributed by atoms with E-state index >= 15 is 0 Å². The van der Waals surface area contributed by atoms with Gasteiger partial charge in [-0.2, -0.15) is 0 Å². The molecule has 0 fully saturated rings. The Bertz CT molecular complexity index is 425. The summed E-state index contributed by atoms with van der Waals surface area (Å²) in [6.07, 6.45) is 1.25. The number of halogens is 1. The molecule has 0 saturated carbocycles. The number of nitrogens with one attached hydrogen (secondary N) is 1. The first-order valence-corrected chi connectivity index (χ1v) is 5.04. The highest BCUT2D eigenvalue weighted by molar-refractivity contribution is 5.92. The molecule has 1 rings (SSSR count). The highest BCUT2D eigenvalue weighted by atomic mass is 35.5. The second-order valence-corrected chi connectivity index (χ2v) is 3.72. The van der Waals surface area contributed by atoms with Crippen molar-refractivity contribution in [2.75, 3.05) is 27.2 Å². The number of carbonyl (C=O) groups excluding carboxylic acids is 1. The fourth-order valence-electron chi connectivity index (χ4n) is 1.14. The van der Waals surface area contributed by atoms with Gasteiger partial charge >= 0.3 is 0 Å². The van der Waals surface area contributed by atoms with E-state index in [9.17, 15) is 14.9 Å². The van der Waals surface area contributed by atoms with E-state index in [1.807, 2.05) is 19.0 Å². The van der Waals surface area contributed by atoms with E-state index in [1.54, 1.807) is 0 Å². The third kappa shape index (κ3) is 5.07. The molecule has 0 aromatic carbocycles. The zero-order valence-corrected chi connectivity index (χ0v) is 10.9. The molecule has 1 heterocycles. The summed E-state index contributed by atoms with van der Waals surface area (Å²) in [5, 5.41) is 13.1. The van der Waals surface area contributed by atoms with Crippen LogP contribution in [-0.4, -0.2) is 47.9 Å². The van der Waals surface area contributed by atoms with E-state index in [0.29, 0.717) is 13.1 Å². The summed E-state index contributed by atoms with van der Waals surface area (Å²) in [4.78, 5) is 27.3. The molecule has 1 aromatic heterocycles. The van der Waals surface area contributed by atoms with Gasteiger partial charge in [-0.3, -0.25) is 19.9 Å². The van der Waals surface area contributed by atoms with Crippen LogP contribution in [0.15, 0.2) is 18.3 Å². The van der Waals surface area contributed by atoms with Crippen LogP contribution in [0.2, 0.25) is 0 Å². The molecule has 0 aliphatic heterocycles. The van der Waals surface area contributed by atoms with Crippen LogP contribution in [0.3, 0.4) is 0 Å². The van der Waals surface area contributed by atoms with Gasteiger partial charge < -0.3 is 10.2 Å². The van der Waals surface area contributed by atoms with E-state index in [-0.39, 0.29) is 23.8 Å². The van der Waals surface area contributed by atoms with Crippen molar-refractivity contribution in [1.29, 1.82) is 0 Å². The molecule has 0 aliphatic rings. The van der Waals surface area contributed by atoms with Crippen molar-refractivity contribution in [1.82, 2.24) is 15.2 Å². The van der Waals surface area contributed by atoms with Gasteiger partial charge in [-0.15, -0.1) is 12.4 Å². The Hall–Kier alpha value is -1.73. The van der Waals surface area contributed by atoms with Crippen LogP contribution in [0.4, 0.5) is 5.69 Å². The number of aromatic nitrogens is 1. The Labute approximate surface area is 111 Å². The minimum atomic E-state index is -0.557. The van der Waals surface area contributed by atoms with E-state index in [0.717, 1.165) is 6.07 Å². The summed E-state index contributed by atoms with van der Waals surface area (Å²) < 4.78 is 0. The molecule has 0 spiro atoms. The first-order chi connectivity index (χ1) is 8.00. The maximum atomic E-state index is 11.6. The summed E-state index contributed by atoms with van der Waals surface area (Å²) in [6.45, 7) is 1.16. The van der Waals surface area contributed by atoms with Gasteiger partial charge in [0.1, 0.15) is 5.69 Å². The molecule has 0 radical (unpaired) electrons. The molecular formula is C10H15ClN4O3. The van der Waals surface area contributed by atoms with Crippen LogP contribution in [0.5, 0.6) is 0 Å². The van der Waals surface area contributed by atoms with Crippen molar-refractivity contribution < 1.29 is 9.72 Å². The number of nitro groups is 1. The molecule has 0 unspecified atom stereocenters. The van der Waals surface area contributed by atoms with Crippen LogP contribution < -0.4 is 5.32 Å². The van der Waals surface area contributed by atoms with Crippen molar-refractivity contribution in [2.24, 2.45) is 0 Å². The van der Waals surface area contributed by atoms with E-state index in [1.165, 1.54) is 12.3 Å². The Balaban J connectivity index is 0.00000289. The van der Waals surface area contributed by atoms with Crippen molar-refractivity contribution in [3.05, 3.63) is 34.1 Å². The third-order valence-electron chi connectivity index (χ3n) is 2.03. The quantitative estimate of drug-likeness (QED) is 0.631. The number of hydrogen-bond donors (Lipinski definition) is 1. The SMILES string of the molecule is CN(C)CCNC(=O)c1cc([N+](=O)[O-])ccn1.Cl. The van der Waals surface area contributed by atoms with Crippen LogP contribution in [0, 0.1) is 10.1 Å². The second kappa shape index (κ2) is 7.57. The Kier molecular flexibility index (Phi) is 6.84. The summed E-state index contributed by atoms with van der Waals surface area (Å²) in [7, 11) is 3.77. The smallest absolute Gasteiger partial charge is 0.273 e. The number of pyridine rings is 1. The lowest BCUT2D eigenvalue weighted by Gasteiger charge is -2.09. The van der Waals surface area contributed by atoms with Gasteiger partial charge in [0, 0.05) is 31.4 Å². The number of amides is 1. The average molecular weight is 275 g/mol. The van der Waals surface area contributed by atoms with Gasteiger partial charge in [0.05, 0.1) is 4.92 Å². The first-order valence-electron chi connectivity index (χ1n) is 5.04. The minimum Gasteiger partial charge on any atom is -0.349 e. The largest absolute Gasteiger partial charge is 0.349 e. The van der Waals surface area contributed by atoms with Crippen LogP contribution >= 0.6 is 12.4 Å². The summed E-state index contributed by atoms with van der Waals surface area (Å²) in [6, 6.07) is 2.40. The van der Waals surface area contributed by atoms with Crippen molar-refractivity contribution >= 4 is 24.0 Å². The number of rotatable bonds is 5.